The van der Waals surface area contributed by atoms with E-state index in [0.717, 1.165) is 4.90 Å². The van der Waals surface area contributed by atoms with Crippen LogP contribution in [0.25, 0.3) is 0 Å². The Morgan fingerprint density at radius 1 is 1.44 bits per heavy atom. The van der Waals surface area contributed by atoms with E-state index in [0.29, 0.717) is 24.8 Å². The second kappa shape index (κ2) is 8.24. The minimum absolute atomic E-state index is 0. The molecule has 2 aliphatic heterocycles. The Morgan fingerprint density at radius 3 is 2.67 bits per heavy atom. The van der Waals surface area contributed by atoms with Gasteiger partial charge in [-0.05, 0) is 30.9 Å². The molecule has 144 valence electrons. The van der Waals surface area contributed by atoms with Gasteiger partial charge in [0.2, 0.25) is 5.91 Å². The third-order valence-corrected chi connectivity index (χ3v) is 5.30. The van der Waals surface area contributed by atoms with E-state index in [1.807, 2.05) is 0 Å². The smallest absolute Gasteiger partial charge is 0.845 e. The molecule has 3 aliphatic rings. The van der Waals surface area contributed by atoms with Crippen molar-refractivity contribution in [1.29, 1.82) is 0 Å². The third kappa shape index (κ3) is 3.60. The number of rotatable bonds is 5. The molecule has 1 unspecified atom stereocenters. The van der Waals surface area contributed by atoms with Gasteiger partial charge in [0.15, 0.2) is 0 Å². The number of hydrogen-bond donors (Lipinski definition) is 0. The van der Waals surface area contributed by atoms with Crippen LogP contribution in [0, 0.1) is 11.8 Å². The fraction of sp³-hybridized carbons (Fsp3) is 0.647. The third-order valence-electron chi connectivity index (χ3n) is 5.30. The maximum Gasteiger partial charge on any atom is 1.00 e. The number of methoxy groups -OCH3 is 1. The zero-order valence-corrected chi connectivity index (χ0v) is 17.1. The number of β-lactam (4-membered cyclic amide) rings is 1. The van der Waals surface area contributed by atoms with Gasteiger partial charge in [-0.2, -0.15) is 13.2 Å². The number of carbonyl (C=O) groups is 2. The first kappa shape index (κ1) is 22.4. The summed E-state index contributed by atoms with van der Waals surface area (Å²) < 4.78 is 49.2. The van der Waals surface area contributed by atoms with E-state index < -0.39 is 48.1 Å². The van der Waals surface area contributed by atoms with Gasteiger partial charge in [-0.25, -0.2) is 4.79 Å². The quantitative estimate of drug-likeness (QED) is 0.230. The van der Waals surface area contributed by atoms with Gasteiger partial charge in [-0.1, -0.05) is 12.7 Å². The van der Waals surface area contributed by atoms with E-state index in [9.17, 15) is 27.9 Å². The van der Waals surface area contributed by atoms with Crippen molar-refractivity contribution in [3.8, 4) is 0 Å². The molecule has 1 saturated carbocycles. The zero-order chi connectivity index (χ0) is 19.2. The van der Waals surface area contributed by atoms with Crippen molar-refractivity contribution < 1.29 is 66.9 Å². The number of esters is 1. The topological polar surface area (TPSA) is 78.9 Å². The fourth-order valence-corrected chi connectivity index (χ4v) is 4.29. The second-order valence-electron chi connectivity index (χ2n) is 6.64. The predicted octanol–water partition coefficient (Wildman–Crippen LogP) is -2.08. The molecule has 0 bridgehead atoms. The number of fused-ring (bicyclic) bond motifs is 3. The van der Waals surface area contributed by atoms with Gasteiger partial charge in [0, 0.05) is 13.0 Å². The second-order valence-corrected chi connectivity index (χ2v) is 6.64. The van der Waals surface area contributed by atoms with Crippen molar-refractivity contribution in [1.82, 2.24) is 4.90 Å². The maximum atomic E-state index is 12.9. The Kier molecular flexibility index (Phi) is 6.85. The van der Waals surface area contributed by atoms with Crippen molar-refractivity contribution in [2.75, 3.05) is 13.7 Å². The van der Waals surface area contributed by atoms with Crippen LogP contribution in [-0.4, -0.2) is 54.9 Å². The summed E-state index contributed by atoms with van der Waals surface area (Å²) in [5, 5.41) is 11.8. The van der Waals surface area contributed by atoms with E-state index in [-0.39, 0.29) is 41.9 Å². The summed E-state index contributed by atoms with van der Waals surface area (Å²) in [6.07, 6.45) is -5.43. The van der Waals surface area contributed by atoms with Crippen LogP contribution < -0.4 is 34.7 Å². The molecule has 10 heteroatoms. The molecule has 1 amide bonds. The Balaban J connectivity index is 0.00000261. The number of carbonyl (C=O) groups excluding carboxylic acids is 2. The monoisotopic (exact) mass is 397 g/mol. The minimum Gasteiger partial charge on any atom is -0.845 e. The van der Waals surface area contributed by atoms with E-state index in [2.05, 4.69) is 6.58 Å². The van der Waals surface area contributed by atoms with E-state index in [1.54, 1.807) is 0 Å². The molecule has 6 nitrogen and oxygen atoms in total. The van der Waals surface area contributed by atoms with Gasteiger partial charge in [-0.15, -0.1) is 0 Å². The Hall–Kier alpha value is -0.870. The van der Waals surface area contributed by atoms with Crippen LogP contribution in [0.5, 0.6) is 0 Å². The molecule has 2 fully saturated rings. The molecule has 3 rings (SSSR count). The van der Waals surface area contributed by atoms with Crippen molar-refractivity contribution in [2.24, 2.45) is 11.8 Å². The molecule has 1 saturated heterocycles. The summed E-state index contributed by atoms with van der Waals surface area (Å²) in [7, 11) is 1.44. The molecule has 0 N–H and O–H groups in total. The summed E-state index contributed by atoms with van der Waals surface area (Å²) in [4.78, 5) is 25.9. The van der Waals surface area contributed by atoms with Crippen molar-refractivity contribution in [3.63, 3.8) is 0 Å². The van der Waals surface area contributed by atoms with Crippen LogP contribution in [0.4, 0.5) is 13.2 Å². The average molecular weight is 397 g/mol. The number of amides is 1. The van der Waals surface area contributed by atoms with Gasteiger partial charge in [0.05, 0.1) is 18.1 Å². The summed E-state index contributed by atoms with van der Waals surface area (Å²) in [5.41, 5.74) is 0.409. The van der Waals surface area contributed by atoms with Crippen LogP contribution in [0.3, 0.4) is 0 Å². The number of halogens is 3. The Morgan fingerprint density at radius 2 is 2.11 bits per heavy atom. The first-order valence-electron chi connectivity index (χ1n) is 8.34. The summed E-state index contributed by atoms with van der Waals surface area (Å²) in [5.74, 6) is -4.01. The number of hydrogen-bond acceptors (Lipinski definition) is 5. The molecule has 0 aromatic heterocycles. The number of nitrogens with zero attached hydrogens (tertiary/aromatic N) is 1. The van der Waals surface area contributed by atoms with Gasteiger partial charge < -0.3 is 19.5 Å². The number of alkyl halides is 3. The van der Waals surface area contributed by atoms with Gasteiger partial charge >= 0.3 is 41.7 Å². The molecule has 1 aliphatic carbocycles. The Labute approximate surface area is 176 Å². The summed E-state index contributed by atoms with van der Waals surface area (Å²) >= 11 is 0. The van der Waals surface area contributed by atoms with Crippen LogP contribution in [-0.2, 0) is 19.1 Å². The molecule has 2 heterocycles. The minimum atomic E-state index is -5.02. The molecule has 0 radical (unpaired) electrons. The SMILES string of the molecule is C=CCOC(=O)C1=C2C(CCC[C@@H]2OC)[C@@H]2[C@@H]([C@H]([O-])C(F)(F)F)C(=O)N12.[Na+]. The van der Waals surface area contributed by atoms with E-state index in [1.165, 1.54) is 13.2 Å². The van der Waals surface area contributed by atoms with E-state index in [4.69, 9.17) is 9.47 Å². The van der Waals surface area contributed by atoms with Crippen molar-refractivity contribution in [3.05, 3.63) is 23.9 Å². The van der Waals surface area contributed by atoms with Crippen molar-refractivity contribution >= 4 is 11.9 Å². The van der Waals surface area contributed by atoms with Crippen LogP contribution >= 0.6 is 0 Å². The first-order chi connectivity index (χ1) is 12.2. The van der Waals surface area contributed by atoms with Crippen LogP contribution in [0.15, 0.2) is 23.9 Å². The molecule has 0 aromatic rings. The summed E-state index contributed by atoms with van der Waals surface area (Å²) in [6, 6.07) is -0.967. The van der Waals surface area contributed by atoms with Gasteiger partial charge in [0.1, 0.15) is 12.3 Å². The maximum absolute atomic E-state index is 12.9. The van der Waals surface area contributed by atoms with Crippen molar-refractivity contribution in [2.45, 2.75) is 43.7 Å². The molecule has 27 heavy (non-hydrogen) atoms. The molecular formula is C17H19F3NNaO5. The van der Waals surface area contributed by atoms with Gasteiger partial charge in [0.25, 0.3) is 0 Å². The normalized spacial score (nSPS) is 30.7. The van der Waals surface area contributed by atoms with Crippen LogP contribution in [0.2, 0.25) is 0 Å². The predicted molar refractivity (Wildman–Crippen MR) is 80.3 cm³/mol. The van der Waals surface area contributed by atoms with E-state index >= 15 is 0 Å². The van der Waals surface area contributed by atoms with Gasteiger partial charge in [-0.3, -0.25) is 4.79 Å². The first-order valence-corrected chi connectivity index (χ1v) is 8.34. The largest absolute Gasteiger partial charge is 1.00 e. The molecule has 0 aromatic carbocycles. The molecule has 0 spiro atoms. The molecular weight excluding hydrogens is 378 g/mol. The average Bonchev–Trinajstić information content (AvgIpc) is 2.89. The standard InChI is InChI=1S/C17H19F3NO5.Na/c1-3-7-26-16(24)13-10-8(5-4-6-9(10)25-2)12-11(15(23)21(12)13)14(22)17(18,19)20;/h3,8-9,11-12,14H,1,4-7H2,2H3;/q-1;+1/t8?,9-,11-,12+,14-;/m0./s1. The summed E-state index contributed by atoms with van der Waals surface area (Å²) in [6.45, 7) is 3.34. The molecule has 5 atom stereocenters. The number of ether oxygens (including phenoxy) is 2. The van der Waals surface area contributed by atoms with Crippen LogP contribution in [0.1, 0.15) is 19.3 Å². The Bertz CT molecular complexity index is 665. The zero-order valence-electron chi connectivity index (χ0n) is 15.1. The fourth-order valence-electron chi connectivity index (χ4n) is 4.29.